The van der Waals surface area contributed by atoms with Crippen molar-refractivity contribution in [3.05, 3.63) is 59.7 Å². The first-order valence-corrected chi connectivity index (χ1v) is 11.5. The summed E-state index contributed by atoms with van der Waals surface area (Å²) in [5.41, 5.74) is 11.3. The van der Waals surface area contributed by atoms with Crippen LogP contribution in [0.5, 0.6) is 5.88 Å². The first-order chi connectivity index (χ1) is 16.8. The molecule has 0 radical (unpaired) electrons. The monoisotopic (exact) mass is 498 g/mol. The van der Waals surface area contributed by atoms with Gasteiger partial charge in [-0.25, -0.2) is 33.7 Å². The maximum Gasteiger partial charge on any atom is 0.269 e. The highest BCUT2D eigenvalue weighted by Gasteiger charge is 2.52. The third-order valence-electron chi connectivity index (χ3n) is 6.08. The summed E-state index contributed by atoms with van der Waals surface area (Å²) < 4.78 is 34.0. The lowest BCUT2D eigenvalue weighted by Crippen LogP contribution is -2.40. The van der Waals surface area contributed by atoms with Crippen LogP contribution in [0.2, 0.25) is 0 Å². The van der Waals surface area contributed by atoms with E-state index in [2.05, 4.69) is 19.9 Å². The van der Waals surface area contributed by atoms with Crippen LogP contribution in [0.15, 0.2) is 41.8 Å². The minimum atomic E-state index is -1.06. The Hall–Kier alpha value is -3.87. The summed E-state index contributed by atoms with van der Waals surface area (Å²) in [7, 11) is 1.42. The number of nitrogens with zero attached hydrogens (tertiary/aromatic N) is 6. The number of hydrogen-bond donors (Lipinski definition) is 2. The van der Waals surface area contributed by atoms with Gasteiger partial charge in [0.25, 0.3) is 5.91 Å². The maximum absolute atomic E-state index is 15.4. The Morgan fingerprint density at radius 2 is 2.00 bits per heavy atom. The molecule has 2 atom stereocenters. The van der Waals surface area contributed by atoms with E-state index in [9.17, 15) is 9.18 Å². The van der Waals surface area contributed by atoms with Crippen molar-refractivity contribution in [3.8, 4) is 17.1 Å². The smallest absolute Gasteiger partial charge is 0.269 e. The lowest BCUT2D eigenvalue weighted by Gasteiger charge is -2.35. The zero-order chi connectivity index (χ0) is 24.7. The molecule has 0 spiro atoms. The zero-order valence-electron chi connectivity index (χ0n) is 18.5. The summed E-state index contributed by atoms with van der Waals surface area (Å²) in [4.78, 5) is 35.1. The molecule has 1 amide bonds. The van der Waals surface area contributed by atoms with Crippen molar-refractivity contribution < 1.29 is 18.3 Å². The summed E-state index contributed by atoms with van der Waals surface area (Å²) in [5, 5.41) is 0.326. The summed E-state index contributed by atoms with van der Waals surface area (Å²) in [5.74, 6) is -0.919. The third-order valence-corrected chi connectivity index (χ3v) is 7.03. The van der Waals surface area contributed by atoms with Gasteiger partial charge in [0.05, 0.1) is 32.2 Å². The molecular weight excluding hydrogens is 478 g/mol. The average molecular weight is 499 g/mol. The highest BCUT2D eigenvalue weighted by molar-refractivity contribution is 8.13. The Bertz CT molecular complexity index is 1340. The molecule has 3 aromatic rings. The van der Waals surface area contributed by atoms with Gasteiger partial charge in [0.2, 0.25) is 11.8 Å². The molecule has 0 aliphatic carbocycles. The van der Waals surface area contributed by atoms with Gasteiger partial charge in [-0.3, -0.25) is 4.79 Å². The molecule has 13 heteroatoms. The quantitative estimate of drug-likeness (QED) is 0.537. The number of anilines is 1. The molecule has 10 nitrogen and oxygen atoms in total. The molecule has 1 fully saturated rings. The van der Waals surface area contributed by atoms with E-state index in [0.717, 1.165) is 12.4 Å². The number of rotatable bonds is 5. The number of primary amides is 1. The van der Waals surface area contributed by atoms with E-state index in [4.69, 9.17) is 21.2 Å². The molecule has 0 bridgehead atoms. The Labute approximate surface area is 202 Å². The van der Waals surface area contributed by atoms with Gasteiger partial charge in [0, 0.05) is 29.3 Å². The number of aliphatic imine (C=N–C) groups is 1. The summed E-state index contributed by atoms with van der Waals surface area (Å²) >= 11 is 1.38. The predicted molar refractivity (Wildman–Crippen MR) is 126 cm³/mol. The molecule has 0 saturated carbocycles. The van der Waals surface area contributed by atoms with Crippen LogP contribution >= 0.6 is 11.8 Å². The second-order valence-electron chi connectivity index (χ2n) is 8.13. The van der Waals surface area contributed by atoms with Crippen LogP contribution in [-0.4, -0.2) is 57.0 Å². The number of thioether (sulfide) groups is 1. The van der Waals surface area contributed by atoms with E-state index in [1.807, 2.05) is 4.90 Å². The number of fused-ring (bicyclic) bond motifs is 1. The van der Waals surface area contributed by atoms with E-state index in [1.165, 1.54) is 37.2 Å². The van der Waals surface area contributed by atoms with E-state index in [0.29, 0.717) is 29.0 Å². The number of amidine groups is 1. The first kappa shape index (κ1) is 22.9. The van der Waals surface area contributed by atoms with Crippen LogP contribution in [0.3, 0.4) is 0 Å². The standard InChI is InChI=1S/C22H20F2N8O2S/c1-34-16-7-27-18(19(25)33)17(30-16)11-2-3-15(24)14(4-11)22-10-32(21-28-5-13(23)6-29-21)8-12(22)9-35-20(26)31-22/h2-7,12H,8-10H2,1H3,(H2,25,33)(H2,26,31)/t12-,22-/m0/s1. The minimum Gasteiger partial charge on any atom is -0.480 e. The van der Waals surface area contributed by atoms with Crippen molar-refractivity contribution in [2.75, 3.05) is 30.9 Å². The maximum atomic E-state index is 15.4. The average Bonchev–Trinajstić information content (AvgIpc) is 3.24. The molecule has 180 valence electrons. The van der Waals surface area contributed by atoms with E-state index < -0.39 is 23.1 Å². The van der Waals surface area contributed by atoms with Crippen molar-refractivity contribution in [2.45, 2.75) is 5.54 Å². The van der Waals surface area contributed by atoms with Crippen LogP contribution < -0.4 is 21.1 Å². The number of halogens is 2. The Morgan fingerprint density at radius 3 is 2.71 bits per heavy atom. The van der Waals surface area contributed by atoms with Gasteiger partial charge >= 0.3 is 0 Å². The molecule has 1 aromatic carbocycles. The van der Waals surface area contributed by atoms with Gasteiger partial charge in [-0.2, -0.15) is 0 Å². The molecular formula is C22H20F2N8O2S. The number of aromatic nitrogens is 4. The van der Waals surface area contributed by atoms with Gasteiger partial charge in [0.15, 0.2) is 16.7 Å². The molecule has 2 aromatic heterocycles. The SMILES string of the molecule is COc1cnc(C(N)=O)c(-c2ccc(F)c([C@]34CN(c5ncc(F)cn5)C[C@H]3CSC(N)=N4)c2)n1. The number of carbonyl (C=O) groups is 1. The zero-order valence-corrected chi connectivity index (χ0v) is 19.3. The van der Waals surface area contributed by atoms with Crippen LogP contribution in [0, 0.1) is 17.6 Å². The van der Waals surface area contributed by atoms with Gasteiger partial charge in [-0.05, 0) is 18.2 Å². The van der Waals surface area contributed by atoms with Crippen LogP contribution in [0.4, 0.5) is 14.7 Å². The van der Waals surface area contributed by atoms with Crippen molar-refractivity contribution in [3.63, 3.8) is 0 Å². The summed E-state index contributed by atoms with van der Waals surface area (Å²) in [6.45, 7) is 0.683. The van der Waals surface area contributed by atoms with Crippen molar-refractivity contribution >= 4 is 28.8 Å². The Morgan fingerprint density at radius 1 is 1.23 bits per heavy atom. The fourth-order valence-corrected chi connectivity index (χ4v) is 5.46. The van der Waals surface area contributed by atoms with Crippen LogP contribution in [0.25, 0.3) is 11.3 Å². The highest BCUT2D eigenvalue weighted by atomic mass is 32.2. The third kappa shape index (κ3) is 4.01. The van der Waals surface area contributed by atoms with Gasteiger partial charge in [0.1, 0.15) is 17.1 Å². The number of methoxy groups -OCH3 is 1. The molecule has 2 aliphatic heterocycles. The number of benzene rings is 1. The number of amides is 1. The predicted octanol–water partition coefficient (Wildman–Crippen LogP) is 1.71. The normalized spacial score (nSPS) is 21.4. The fourth-order valence-electron chi connectivity index (χ4n) is 4.48. The summed E-state index contributed by atoms with van der Waals surface area (Å²) in [6, 6.07) is 4.35. The van der Waals surface area contributed by atoms with Gasteiger partial charge < -0.3 is 21.1 Å². The number of carbonyl (C=O) groups excluding carboxylic acids is 1. The highest BCUT2D eigenvalue weighted by Crippen LogP contribution is 2.47. The molecule has 4 N–H and O–H groups in total. The van der Waals surface area contributed by atoms with Gasteiger partial charge in [-0.15, -0.1) is 0 Å². The molecule has 0 unspecified atom stereocenters. The van der Waals surface area contributed by atoms with Crippen molar-refractivity contribution in [1.82, 2.24) is 19.9 Å². The first-order valence-electron chi connectivity index (χ1n) is 10.5. The topological polar surface area (TPSA) is 146 Å². The minimum absolute atomic E-state index is 0.0765. The number of nitrogens with two attached hydrogens (primary N) is 2. The van der Waals surface area contributed by atoms with Crippen molar-refractivity contribution in [1.29, 1.82) is 0 Å². The molecule has 35 heavy (non-hydrogen) atoms. The number of hydrogen-bond acceptors (Lipinski definition) is 10. The van der Waals surface area contributed by atoms with E-state index in [1.54, 1.807) is 6.07 Å². The number of ether oxygens (including phenoxy) is 1. The molecule has 4 heterocycles. The van der Waals surface area contributed by atoms with E-state index in [-0.39, 0.29) is 35.3 Å². The Kier molecular flexibility index (Phi) is 5.71. The summed E-state index contributed by atoms with van der Waals surface area (Å²) in [6.07, 6.45) is 3.44. The van der Waals surface area contributed by atoms with Crippen LogP contribution in [0.1, 0.15) is 16.1 Å². The molecule has 1 saturated heterocycles. The molecule has 5 rings (SSSR count). The lowest BCUT2D eigenvalue weighted by atomic mass is 9.80. The van der Waals surface area contributed by atoms with Crippen LogP contribution in [-0.2, 0) is 5.54 Å². The van der Waals surface area contributed by atoms with Crippen molar-refractivity contribution in [2.24, 2.45) is 22.4 Å². The van der Waals surface area contributed by atoms with E-state index >= 15 is 4.39 Å². The lowest BCUT2D eigenvalue weighted by molar-refractivity contribution is 0.0996. The van der Waals surface area contributed by atoms with Gasteiger partial charge in [-0.1, -0.05) is 11.8 Å². The molecule has 2 aliphatic rings. The second-order valence-corrected chi connectivity index (χ2v) is 9.17. The fraction of sp³-hybridized carbons (Fsp3) is 0.273. The second kappa shape index (κ2) is 8.73. The largest absolute Gasteiger partial charge is 0.480 e. The Balaban J connectivity index is 1.64.